The van der Waals surface area contributed by atoms with Gasteiger partial charge in [0.25, 0.3) is 0 Å². The van der Waals surface area contributed by atoms with Crippen molar-refractivity contribution in [1.82, 2.24) is 9.97 Å². The lowest BCUT2D eigenvalue weighted by Crippen LogP contribution is -2.31. The molecule has 0 unspecified atom stereocenters. The number of nitrogens with zero attached hydrogens (tertiary/aromatic N) is 3. The summed E-state index contributed by atoms with van der Waals surface area (Å²) in [5.74, 6) is 0.708. The highest BCUT2D eigenvalue weighted by Gasteiger charge is 2.22. The maximum atomic E-state index is 13.1. The van der Waals surface area contributed by atoms with Gasteiger partial charge in [0.05, 0.1) is 30.5 Å². The number of hydrogen-bond acceptors (Lipinski definition) is 6. The molecule has 5 nitrogen and oxygen atoms in total. The van der Waals surface area contributed by atoms with Crippen LogP contribution in [0.25, 0.3) is 10.2 Å². The Bertz CT molecular complexity index is 1050. The van der Waals surface area contributed by atoms with E-state index in [-0.39, 0.29) is 5.91 Å². The average molecular weight is 396 g/mol. The van der Waals surface area contributed by atoms with Gasteiger partial charge in [0.1, 0.15) is 11.3 Å². The molecule has 7 heteroatoms. The van der Waals surface area contributed by atoms with Crippen molar-refractivity contribution in [2.45, 2.75) is 13.0 Å². The molecule has 136 valence electrons. The summed E-state index contributed by atoms with van der Waals surface area (Å²) in [4.78, 5) is 24.9. The first-order valence-electron chi connectivity index (χ1n) is 8.41. The van der Waals surface area contributed by atoms with Crippen LogP contribution in [0.2, 0.25) is 0 Å². The normalized spacial score (nSPS) is 10.9. The summed E-state index contributed by atoms with van der Waals surface area (Å²) in [5, 5.41) is 2.63. The molecule has 0 fully saturated rings. The lowest BCUT2D eigenvalue weighted by Gasteiger charge is -2.19. The van der Waals surface area contributed by atoms with Gasteiger partial charge in [0, 0.05) is 11.1 Å². The third-order valence-corrected chi connectivity index (χ3v) is 5.99. The van der Waals surface area contributed by atoms with Crippen molar-refractivity contribution in [2.24, 2.45) is 0 Å². The largest absolute Gasteiger partial charge is 0.494 e. The molecular formula is C20H17N3O2S2. The van der Waals surface area contributed by atoms with E-state index in [0.717, 1.165) is 20.8 Å². The Morgan fingerprint density at radius 3 is 2.81 bits per heavy atom. The Labute approximate surface area is 164 Å². The first-order chi connectivity index (χ1) is 13.2. The molecule has 4 aromatic rings. The molecule has 0 atom stereocenters. The number of benzene rings is 1. The lowest BCUT2D eigenvalue weighted by molar-refractivity contribution is -0.118. The second-order valence-corrected chi connectivity index (χ2v) is 7.90. The van der Waals surface area contributed by atoms with E-state index in [2.05, 4.69) is 4.98 Å². The van der Waals surface area contributed by atoms with Crippen molar-refractivity contribution in [3.63, 3.8) is 0 Å². The van der Waals surface area contributed by atoms with Gasteiger partial charge in [-0.1, -0.05) is 29.5 Å². The van der Waals surface area contributed by atoms with Crippen molar-refractivity contribution in [3.05, 3.63) is 70.7 Å². The topological polar surface area (TPSA) is 55.3 Å². The summed E-state index contributed by atoms with van der Waals surface area (Å²) in [7, 11) is 1.63. The van der Waals surface area contributed by atoms with Crippen LogP contribution in [0.15, 0.2) is 60.1 Å². The van der Waals surface area contributed by atoms with E-state index in [1.807, 2.05) is 53.9 Å². The van der Waals surface area contributed by atoms with Gasteiger partial charge in [-0.25, -0.2) is 4.98 Å². The number of hydrogen-bond donors (Lipinski definition) is 0. The Morgan fingerprint density at radius 1 is 1.15 bits per heavy atom. The molecule has 0 radical (unpaired) electrons. The SMILES string of the molecule is COc1cccc2sc(N(Cc3ccccn3)C(=O)Cc3cccs3)nc12. The Balaban J connectivity index is 1.71. The van der Waals surface area contributed by atoms with Crippen molar-refractivity contribution in [1.29, 1.82) is 0 Å². The lowest BCUT2D eigenvalue weighted by atomic mass is 10.3. The third kappa shape index (κ3) is 3.84. The fourth-order valence-electron chi connectivity index (χ4n) is 2.77. The molecule has 0 saturated carbocycles. The second-order valence-electron chi connectivity index (χ2n) is 5.86. The molecular weight excluding hydrogens is 378 g/mol. The van der Waals surface area contributed by atoms with E-state index in [1.165, 1.54) is 11.3 Å². The number of thiophene rings is 1. The number of para-hydroxylation sites is 1. The maximum Gasteiger partial charge on any atom is 0.234 e. The fraction of sp³-hybridized carbons (Fsp3) is 0.150. The van der Waals surface area contributed by atoms with Crippen molar-refractivity contribution < 1.29 is 9.53 Å². The summed E-state index contributed by atoms with van der Waals surface area (Å²) >= 11 is 3.07. The summed E-state index contributed by atoms with van der Waals surface area (Å²) in [6.45, 7) is 0.382. The van der Waals surface area contributed by atoms with Gasteiger partial charge >= 0.3 is 0 Å². The molecule has 0 bridgehead atoms. The van der Waals surface area contributed by atoms with Crippen LogP contribution in [0.3, 0.4) is 0 Å². The summed E-state index contributed by atoms with van der Waals surface area (Å²) in [6.07, 6.45) is 2.08. The molecule has 3 aromatic heterocycles. The minimum absolute atomic E-state index is 0.00104. The molecule has 27 heavy (non-hydrogen) atoms. The number of aromatic nitrogens is 2. The van der Waals surface area contributed by atoms with Gasteiger partial charge in [-0.05, 0) is 35.7 Å². The van der Waals surface area contributed by atoms with Crippen LogP contribution < -0.4 is 9.64 Å². The van der Waals surface area contributed by atoms with Crippen molar-refractivity contribution >= 4 is 43.9 Å². The smallest absolute Gasteiger partial charge is 0.234 e. The number of carbonyl (C=O) groups is 1. The standard InChI is InChI=1S/C20H17N3O2S2/c1-25-16-8-4-9-17-19(16)22-20(27-17)23(13-14-6-2-3-10-21-14)18(24)12-15-7-5-11-26-15/h2-11H,12-13H2,1H3. The number of pyridine rings is 1. The molecule has 0 aliphatic heterocycles. The highest BCUT2D eigenvalue weighted by atomic mass is 32.1. The molecule has 0 N–H and O–H groups in total. The second kappa shape index (κ2) is 7.85. The number of rotatable bonds is 6. The van der Waals surface area contributed by atoms with Crippen molar-refractivity contribution in [2.75, 3.05) is 12.0 Å². The quantitative estimate of drug-likeness (QED) is 0.481. The molecule has 1 amide bonds. The van der Waals surface area contributed by atoms with Gasteiger partial charge in [0.15, 0.2) is 5.13 Å². The number of amides is 1. The zero-order valence-corrected chi connectivity index (χ0v) is 16.3. The predicted octanol–water partition coefficient (Wildman–Crippen LogP) is 4.54. The fourth-order valence-corrected chi connectivity index (χ4v) is 4.46. The number of anilines is 1. The van der Waals surface area contributed by atoms with Gasteiger partial charge in [-0.15, -0.1) is 11.3 Å². The Kier molecular flexibility index (Phi) is 5.13. The zero-order valence-electron chi connectivity index (χ0n) is 14.7. The van der Waals surface area contributed by atoms with Gasteiger partial charge in [-0.2, -0.15) is 0 Å². The van der Waals surface area contributed by atoms with Crippen LogP contribution in [0.4, 0.5) is 5.13 Å². The zero-order chi connectivity index (χ0) is 18.6. The van der Waals surface area contributed by atoms with Crippen LogP contribution in [0, 0.1) is 0 Å². The van der Waals surface area contributed by atoms with Crippen LogP contribution >= 0.6 is 22.7 Å². The van der Waals surface area contributed by atoms with Crippen molar-refractivity contribution in [3.8, 4) is 5.75 Å². The number of thiazole rings is 1. The molecule has 3 heterocycles. The van der Waals surface area contributed by atoms with E-state index in [0.29, 0.717) is 23.8 Å². The Hall–Kier alpha value is -2.77. The highest BCUT2D eigenvalue weighted by Crippen LogP contribution is 2.34. The number of ether oxygens (including phenoxy) is 1. The maximum absolute atomic E-state index is 13.1. The molecule has 0 saturated heterocycles. The van der Waals surface area contributed by atoms with Gasteiger partial charge < -0.3 is 4.74 Å². The summed E-state index contributed by atoms with van der Waals surface area (Å²) in [5.41, 5.74) is 1.60. The van der Waals surface area contributed by atoms with Crippen LogP contribution in [0.5, 0.6) is 5.75 Å². The minimum atomic E-state index is 0.00104. The number of methoxy groups -OCH3 is 1. The van der Waals surface area contributed by atoms with Gasteiger partial charge in [-0.3, -0.25) is 14.7 Å². The average Bonchev–Trinajstić information content (AvgIpc) is 3.36. The molecule has 0 aliphatic rings. The van der Waals surface area contributed by atoms with E-state index >= 15 is 0 Å². The molecule has 0 spiro atoms. The highest BCUT2D eigenvalue weighted by molar-refractivity contribution is 7.22. The van der Waals surface area contributed by atoms with Crippen LogP contribution in [0.1, 0.15) is 10.6 Å². The monoisotopic (exact) mass is 395 g/mol. The van der Waals surface area contributed by atoms with Gasteiger partial charge in [0.2, 0.25) is 5.91 Å². The first kappa shape index (κ1) is 17.6. The first-order valence-corrected chi connectivity index (χ1v) is 10.1. The Morgan fingerprint density at radius 2 is 2.07 bits per heavy atom. The number of fused-ring (bicyclic) bond motifs is 1. The van der Waals surface area contributed by atoms with E-state index in [9.17, 15) is 4.79 Å². The van der Waals surface area contributed by atoms with E-state index in [4.69, 9.17) is 9.72 Å². The minimum Gasteiger partial charge on any atom is -0.494 e. The summed E-state index contributed by atoms with van der Waals surface area (Å²) < 4.78 is 6.40. The van der Waals surface area contributed by atoms with E-state index in [1.54, 1.807) is 29.5 Å². The molecule has 1 aromatic carbocycles. The number of carbonyl (C=O) groups excluding carboxylic acids is 1. The molecule has 4 rings (SSSR count). The third-order valence-electron chi connectivity index (χ3n) is 4.07. The molecule has 0 aliphatic carbocycles. The van der Waals surface area contributed by atoms with Crippen LogP contribution in [-0.2, 0) is 17.8 Å². The summed E-state index contributed by atoms with van der Waals surface area (Å²) in [6, 6.07) is 15.4. The van der Waals surface area contributed by atoms with E-state index < -0.39 is 0 Å². The van der Waals surface area contributed by atoms with Crippen LogP contribution in [-0.4, -0.2) is 23.0 Å². The predicted molar refractivity (Wildman–Crippen MR) is 110 cm³/mol.